The normalized spacial score (nSPS) is 12.4. The van der Waals surface area contributed by atoms with Gasteiger partial charge in [0.15, 0.2) is 0 Å². The number of nitrogens with zero attached hydrogens (tertiary/aromatic N) is 1. The van der Waals surface area contributed by atoms with Gasteiger partial charge in [-0.2, -0.15) is 5.26 Å². The third-order valence-electron chi connectivity index (χ3n) is 6.95. The van der Waals surface area contributed by atoms with E-state index >= 15 is 0 Å². The molecule has 0 atom stereocenters. The van der Waals surface area contributed by atoms with Gasteiger partial charge in [-0.05, 0) is 71.4 Å². The molecule has 0 saturated carbocycles. The van der Waals surface area contributed by atoms with E-state index < -0.39 is 22.4 Å². The van der Waals surface area contributed by atoms with Crippen LogP contribution in [0.3, 0.4) is 0 Å². The molecule has 0 N–H and O–H groups in total. The van der Waals surface area contributed by atoms with Gasteiger partial charge in [0.25, 0.3) is 0 Å². The number of benzene rings is 6. The molecule has 0 bridgehead atoms. The standard InChI is InChI=1S/C18H15P.C14H10.C8H8.C4H10O.C2H3N.2BF4.4Pd/c1-4-10-16(11-5-1)19(17-12-6-2-7-13-17)18-14-8-3-9-15-18;1-2-6-12-10-14-8-4-3-7-13(14)9-11(12)5-1;1-2-4-6-8-7-5-3-1;1-3-5-4-2;1-2-3;2*2-1(3,4)5;;;;/h1-15H;1-10H;1-8H;3-4H2,1-2H3;1H3;;;;;;/q;;;;;2*-1;;;;/b;;2-1-,3-1?,4-2?,5-3-,6-4-,7-5?,8-6?,8-7-;;;;;;;;. The predicted molar refractivity (Wildman–Crippen MR) is 237 cm³/mol. The van der Waals surface area contributed by atoms with Gasteiger partial charge in [0.05, 0.1) is 6.07 Å². The zero-order valence-electron chi connectivity index (χ0n) is 34.2. The molecule has 1 aliphatic carbocycles. The summed E-state index contributed by atoms with van der Waals surface area (Å²) in [5.74, 6) is 0. The summed E-state index contributed by atoms with van der Waals surface area (Å²) < 4.78 is 82.8. The molecule has 6 aromatic rings. The number of allylic oxidation sites excluding steroid dienone is 8. The fourth-order valence-corrected chi connectivity index (χ4v) is 7.08. The van der Waals surface area contributed by atoms with E-state index in [1.807, 2.05) is 62.5 Å². The van der Waals surface area contributed by atoms with Crippen molar-refractivity contribution in [3.63, 3.8) is 0 Å². The molecule has 17 heteroatoms. The van der Waals surface area contributed by atoms with E-state index in [0.717, 1.165) is 13.2 Å². The molecule has 7 rings (SSSR count). The van der Waals surface area contributed by atoms with Crippen LogP contribution in [0.1, 0.15) is 20.8 Å². The van der Waals surface area contributed by atoms with Crippen molar-refractivity contribution in [1.29, 1.82) is 5.26 Å². The number of ether oxygens (including phenoxy) is 1. The Kier molecular flexibility index (Phi) is 42.7. The summed E-state index contributed by atoms with van der Waals surface area (Å²) in [4.78, 5) is 0. The van der Waals surface area contributed by atoms with Crippen LogP contribution >= 0.6 is 7.92 Å². The van der Waals surface area contributed by atoms with E-state index in [1.165, 1.54) is 44.4 Å². The van der Waals surface area contributed by atoms with Gasteiger partial charge in [0.2, 0.25) is 0 Å². The smallest absolute Gasteiger partial charge is 0.418 e. The minimum absolute atomic E-state index is 0. The van der Waals surface area contributed by atoms with E-state index in [1.54, 1.807) is 6.07 Å². The van der Waals surface area contributed by atoms with Gasteiger partial charge in [-0.3, -0.25) is 0 Å². The summed E-state index contributed by atoms with van der Waals surface area (Å²) in [5, 5.41) is 16.8. The van der Waals surface area contributed by atoms with Gasteiger partial charge in [-0.1, -0.05) is 188 Å². The molecule has 0 radical (unpaired) electrons. The van der Waals surface area contributed by atoms with Crippen LogP contribution in [-0.2, 0) is 86.4 Å². The molecule has 2 nitrogen and oxygen atoms in total. The van der Waals surface area contributed by atoms with Crippen molar-refractivity contribution in [1.82, 2.24) is 0 Å². The van der Waals surface area contributed by atoms with Crippen molar-refractivity contribution in [2.75, 3.05) is 13.2 Å². The van der Waals surface area contributed by atoms with Gasteiger partial charge in [0, 0.05) is 102 Å². The fraction of sp³-hybridized carbons (Fsp3) is 0.109. The summed E-state index contributed by atoms with van der Waals surface area (Å²) in [5.41, 5.74) is 0. The van der Waals surface area contributed by atoms with E-state index in [0.29, 0.717) is 0 Å². The van der Waals surface area contributed by atoms with E-state index in [-0.39, 0.29) is 81.7 Å². The van der Waals surface area contributed by atoms with Crippen molar-refractivity contribution in [3.8, 4) is 6.07 Å². The second-order valence-electron chi connectivity index (χ2n) is 11.4. The van der Waals surface area contributed by atoms with Crippen LogP contribution in [0.25, 0.3) is 21.5 Å². The van der Waals surface area contributed by atoms with Crippen LogP contribution in [0.2, 0.25) is 0 Å². The maximum atomic E-state index is 9.75. The Labute approximate surface area is 423 Å². The molecule has 0 spiro atoms. The van der Waals surface area contributed by atoms with E-state index in [9.17, 15) is 34.5 Å². The van der Waals surface area contributed by atoms with Gasteiger partial charge < -0.3 is 39.3 Å². The Balaban J connectivity index is -0.000000351. The number of nitriles is 1. The summed E-state index contributed by atoms with van der Waals surface area (Å²) in [7, 11) is -12.4. The molecule has 1 aliphatic rings. The number of fused-ring (bicyclic) bond motifs is 2. The Hall–Kier alpha value is -3.10. The van der Waals surface area contributed by atoms with Crippen molar-refractivity contribution in [2.45, 2.75) is 20.8 Å². The number of hydrogen-bond acceptors (Lipinski definition) is 2. The minimum Gasteiger partial charge on any atom is -0.418 e. The summed E-state index contributed by atoms with van der Waals surface area (Å²) in [6.07, 6.45) is 16.0. The Morgan fingerprint density at radius 2 is 0.587 bits per heavy atom. The molecular formula is C46H46B2F8NOPPd4-2. The third kappa shape index (κ3) is 35.9. The molecule has 63 heavy (non-hydrogen) atoms. The first-order valence-electron chi connectivity index (χ1n) is 18.3. The molecule has 0 aromatic heterocycles. The van der Waals surface area contributed by atoms with Crippen LogP contribution in [0, 0.1) is 11.3 Å². The van der Waals surface area contributed by atoms with Gasteiger partial charge in [0.1, 0.15) is 0 Å². The molecule has 350 valence electrons. The Bertz CT molecular complexity index is 1900. The summed E-state index contributed by atoms with van der Waals surface area (Å²) >= 11 is 0. The van der Waals surface area contributed by atoms with E-state index in [2.05, 4.69) is 152 Å². The number of halogens is 8. The summed E-state index contributed by atoms with van der Waals surface area (Å²) in [6, 6.07) is 55.5. The third-order valence-corrected chi connectivity index (χ3v) is 9.40. The van der Waals surface area contributed by atoms with Crippen molar-refractivity contribution >= 4 is 59.9 Å². The monoisotopic (exact) mass is 1260 g/mol. The second kappa shape index (κ2) is 40.4. The average Bonchev–Trinajstić information content (AvgIpc) is 3.18. The zero-order chi connectivity index (χ0) is 43.8. The topological polar surface area (TPSA) is 33.0 Å². The SMILES string of the molecule is C1=C\C=C/C=C\C=C/1.CC#N.CCOCC.F[B-](F)(F)F.F[B-](F)(F)F.[Pd].[Pd].[Pd].[Pd].c1ccc(P(c2ccccc2)c2ccccc2)cc1.c1ccc2cc3ccccc3cc2c1. The maximum absolute atomic E-state index is 9.75. The van der Waals surface area contributed by atoms with Crippen molar-refractivity contribution in [2.24, 2.45) is 0 Å². The maximum Gasteiger partial charge on any atom is 0.673 e. The largest absolute Gasteiger partial charge is 0.673 e. The summed E-state index contributed by atoms with van der Waals surface area (Å²) in [6.45, 7) is 7.10. The predicted octanol–water partition coefficient (Wildman–Crippen LogP) is 13.8. The van der Waals surface area contributed by atoms with Gasteiger partial charge in [-0.25, -0.2) is 0 Å². The molecule has 0 fully saturated rings. The minimum atomic E-state index is -6.00. The molecular weight excluding hydrogens is 1210 g/mol. The first kappa shape index (κ1) is 66.5. The zero-order valence-corrected chi connectivity index (χ0v) is 41.3. The average molecular weight is 1260 g/mol. The molecule has 0 amide bonds. The van der Waals surface area contributed by atoms with Gasteiger partial charge in [-0.15, -0.1) is 0 Å². The molecule has 0 aliphatic heterocycles. The first-order valence-corrected chi connectivity index (χ1v) is 19.7. The van der Waals surface area contributed by atoms with Crippen LogP contribution in [0.5, 0.6) is 0 Å². The number of hydrogen-bond donors (Lipinski definition) is 0. The Morgan fingerprint density at radius 3 is 0.746 bits per heavy atom. The number of rotatable bonds is 5. The van der Waals surface area contributed by atoms with Crippen molar-refractivity contribution in [3.05, 3.63) is 200 Å². The Morgan fingerprint density at radius 1 is 0.413 bits per heavy atom. The molecule has 0 heterocycles. The van der Waals surface area contributed by atoms with Crippen LogP contribution in [-0.4, -0.2) is 27.7 Å². The molecule has 0 saturated heterocycles. The van der Waals surface area contributed by atoms with Crippen LogP contribution < -0.4 is 15.9 Å². The quantitative estimate of drug-likeness (QED) is 0.0746. The second-order valence-corrected chi connectivity index (χ2v) is 13.6. The van der Waals surface area contributed by atoms with E-state index in [4.69, 9.17) is 10.00 Å². The van der Waals surface area contributed by atoms with Crippen LogP contribution in [0.15, 0.2) is 200 Å². The fourth-order valence-electron chi connectivity index (χ4n) is 4.78. The first-order chi connectivity index (χ1) is 28.2. The molecule has 0 unspecified atom stereocenters. The van der Waals surface area contributed by atoms with Gasteiger partial charge >= 0.3 is 14.5 Å². The van der Waals surface area contributed by atoms with Crippen molar-refractivity contribution < 1.29 is 121 Å². The van der Waals surface area contributed by atoms with Crippen LogP contribution in [0.4, 0.5) is 34.5 Å². The molecule has 6 aromatic carbocycles.